The van der Waals surface area contributed by atoms with Crippen molar-refractivity contribution in [2.75, 3.05) is 5.32 Å². The van der Waals surface area contributed by atoms with Gasteiger partial charge in [0.1, 0.15) is 5.69 Å². The zero-order valence-corrected chi connectivity index (χ0v) is 19.6. The average molecular weight is 481 g/mol. The second-order valence-corrected chi connectivity index (χ2v) is 8.85. The summed E-state index contributed by atoms with van der Waals surface area (Å²) in [5.74, 6) is 0.172. The fourth-order valence-corrected chi connectivity index (χ4v) is 4.15. The van der Waals surface area contributed by atoms with Gasteiger partial charge in [-0.05, 0) is 48.1 Å². The molecule has 0 unspecified atom stereocenters. The number of hydrogen-bond acceptors (Lipinski definition) is 7. The Labute approximate surface area is 205 Å². The maximum atomic E-state index is 11.5. The molecule has 3 heterocycles. The number of aryl methyl sites for hydroxylation is 1. The van der Waals surface area contributed by atoms with Crippen LogP contribution < -0.4 is 21.8 Å². The average Bonchev–Trinajstić information content (AvgIpc) is 3.51. The Kier molecular flexibility index (Phi) is 5.33. The van der Waals surface area contributed by atoms with Crippen molar-refractivity contribution in [2.24, 2.45) is 4.99 Å². The van der Waals surface area contributed by atoms with Crippen LogP contribution in [0.25, 0.3) is 22.9 Å². The van der Waals surface area contributed by atoms with Crippen molar-refractivity contribution in [3.05, 3.63) is 92.9 Å². The van der Waals surface area contributed by atoms with Crippen LogP contribution in [-0.4, -0.2) is 40.7 Å². The quantitative estimate of drug-likeness (QED) is 0.294. The second-order valence-electron chi connectivity index (χ2n) is 8.85. The van der Waals surface area contributed by atoms with Crippen LogP contribution in [0.2, 0.25) is 0 Å². The third-order valence-corrected chi connectivity index (χ3v) is 6.15. The second kappa shape index (κ2) is 8.81. The molecule has 0 amide bonds. The first-order chi connectivity index (χ1) is 17.5. The van der Waals surface area contributed by atoms with Crippen molar-refractivity contribution in [3.63, 3.8) is 0 Å². The molecular weight excluding hydrogens is 456 g/mol. The molecule has 0 saturated heterocycles. The highest BCUT2D eigenvalue weighted by molar-refractivity contribution is 5.70. The van der Waals surface area contributed by atoms with E-state index in [1.54, 1.807) is 16.8 Å². The number of benzene rings is 2. The van der Waals surface area contributed by atoms with Gasteiger partial charge in [0.2, 0.25) is 11.8 Å². The number of aromatic nitrogens is 6. The molecule has 10 nitrogen and oxygen atoms in total. The van der Waals surface area contributed by atoms with Crippen LogP contribution in [0, 0.1) is 6.92 Å². The number of fused-ring (bicyclic) bond motifs is 1. The first kappa shape index (κ1) is 21.8. The van der Waals surface area contributed by atoms with Crippen LogP contribution in [0.4, 0.5) is 5.95 Å². The van der Waals surface area contributed by atoms with Gasteiger partial charge in [-0.25, -0.2) is 9.79 Å². The van der Waals surface area contributed by atoms with Crippen LogP contribution in [0.1, 0.15) is 29.7 Å². The van der Waals surface area contributed by atoms with Crippen molar-refractivity contribution in [2.45, 2.75) is 32.4 Å². The Morgan fingerprint density at radius 1 is 1.11 bits per heavy atom. The normalized spacial score (nSPS) is 14.6. The van der Waals surface area contributed by atoms with Gasteiger partial charge in [0, 0.05) is 11.8 Å². The van der Waals surface area contributed by atoms with Gasteiger partial charge in [-0.3, -0.25) is 4.98 Å². The summed E-state index contributed by atoms with van der Waals surface area (Å²) in [5, 5.41) is 18.4. The highest BCUT2D eigenvalue weighted by atomic mass is 16.3. The molecule has 1 fully saturated rings. The van der Waals surface area contributed by atoms with Crippen LogP contribution in [0.3, 0.4) is 0 Å². The lowest BCUT2D eigenvalue weighted by molar-refractivity contribution is 0.454. The van der Waals surface area contributed by atoms with Gasteiger partial charge in [0.15, 0.2) is 5.65 Å². The molecule has 180 valence electrons. The van der Waals surface area contributed by atoms with Crippen molar-refractivity contribution >= 4 is 17.7 Å². The number of nitrogens with one attached hydrogen (secondary N) is 3. The molecule has 1 aliphatic carbocycles. The summed E-state index contributed by atoms with van der Waals surface area (Å²) in [5.41, 5.74) is 5.38. The van der Waals surface area contributed by atoms with E-state index in [9.17, 15) is 9.90 Å². The van der Waals surface area contributed by atoms with Gasteiger partial charge in [0.05, 0.1) is 12.2 Å². The summed E-state index contributed by atoms with van der Waals surface area (Å²) in [6, 6.07) is 16.8. The molecule has 0 aliphatic heterocycles. The largest absolute Gasteiger partial charge is 0.493 e. The van der Waals surface area contributed by atoms with Crippen LogP contribution in [-0.2, 0) is 6.54 Å². The van der Waals surface area contributed by atoms with E-state index in [0.29, 0.717) is 29.0 Å². The first-order valence-electron chi connectivity index (χ1n) is 11.8. The van der Waals surface area contributed by atoms with E-state index in [2.05, 4.69) is 56.6 Å². The number of nitrogens with zero attached hydrogens (tertiary/aromatic N) is 5. The van der Waals surface area contributed by atoms with Gasteiger partial charge < -0.3 is 15.4 Å². The summed E-state index contributed by atoms with van der Waals surface area (Å²) in [6.45, 7) is 2.62. The minimum absolute atomic E-state index is 0.236. The predicted molar refractivity (Wildman–Crippen MR) is 135 cm³/mol. The van der Waals surface area contributed by atoms with Crippen molar-refractivity contribution in [3.8, 4) is 17.0 Å². The molecule has 1 aliphatic rings. The number of aromatic hydroxyl groups is 1. The van der Waals surface area contributed by atoms with Gasteiger partial charge >= 0.3 is 5.69 Å². The van der Waals surface area contributed by atoms with Crippen LogP contribution >= 0.6 is 0 Å². The first-order valence-corrected chi connectivity index (χ1v) is 11.8. The fraction of sp³-hybridized carbons (Fsp3) is 0.192. The number of hydrogen-bond donors (Lipinski definition) is 4. The Balaban J connectivity index is 1.41. The van der Waals surface area contributed by atoms with E-state index >= 15 is 0 Å². The zero-order chi connectivity index (χ0) is 24.6. The summed E-state index contributed by atoms with van der Waals surface area (Å²) in [4.78, 5) is 30.5. The Hall–Kier alpha value is -4.73. The molecule has 0 atom stereocenters. The van der Waals surface area contributed by atoms with E-state index < -0.39 is 5.69 Å². The molecular formula is C26H24N8O2. The molecule has 10 heteroatoms. The third kappa shape index (κ3) is 4.24. The SMILES string of the molecule is Cc1ccccc1-c1ccccc1CNc1nc(=NC2CC2)n2ncc(=Cc3[nH]c(=O)[nH]c3O)c2n1. The topological polar surface area (TPSA) is 136 Å². The monoisotopic (exact) mass is 480 g/mol. The summed E-state index contributed by atoms with van der Waals surface area (Å²) >= 11 is 0. The molecule has 0 spiro atoms. The van der Waals surface area contributed by atoms with Crippen molar-refractivity contribution < 1.29 is 5.11 Å². The Morgan fingerprint density at radius 2 is 1.89 bits per heavy atom. The fourth-order valence-electron chi connectivity index (χ4n) is 4.15. The standard InChI is InChI=1S/C26H24N8O2/c1-15-6-2-4-8-19(15)20-9-5-3-7-16(20)13-27-24-31-22-17(12-21-23(35)32-26(36)30-21)14-28-34(22)25(33-24)29-18-10-11-18/h2-9,12,14,18,35H,10-11,13H2,1H3,(H,27,29,33)(H2,30,32,36). The van der Waals surface area contributed by atoms with E-state index in [-0.39, 0.29) is 17.6 Å². The molecule has 2 aromatic carbocycles. The highest BCUT2D eigenvalue weighted by Crippen LogP contribution is 2.27. The third-order valence-electron chi connectivity index (χ3n) is 6.15. The number of aromatic amines is 2. The lowest BCUT2D eigenvalue weighted by atomic mass is 9.96. The Morgan fingerprint density at radius 3 is 2.64 bits per heavy atom. The van der Waals surface area contributed by atoms with E-state index in [1.165, 1.54) is 11.1 Å². The molecule has 0 radical (unpaired) electrons. The lowest BCUT2D eigenvalue weighted by Gasteiger charge is -2.13. The van der Waals surface area contributed by atoms with E-state index in [1.807, 2.05) is 24.3 Å². The predicted octanol–water partition coefficient (Wildman–Crippen LogP) is 2.04. The smallest absolute Gasteiger partial charge is 0.326 e. The van der Waals surface area contributed by atoms with Crippen LogP contribution in [0.5, 0.6) is 5.88 Å². The van der Waals surface area contributed by atoms with E-state index in [4.69, 9.17) is 9.98 Å². The minimum atomic E-state index is -0.496. The molecule has 6 rings (SSSR count). The Bertz CT molecular complexity index is 1760. The van der Waals surface area contributed by atoms with Gasteiger partial charge in [-0.15, -0.1) is 0 Å². The summed E-state index contributed by atoms with van der Waals surface area (Å²) in [6.07, 6.45) is 5.27. The van der Waals surface area contributed by atoms with Gasteiger partial charge in [-0.1, -0.05) is 48.5 Å². The van der Waals surface area contributed by atoms with Crippen molar-refractivity contribution in [1.29, 1.82) is 0 Å². The molecule has 0 bridgehead atoms. The highest BCUT2D eigenvalue weighted by Gasteiger charge is 2.21. The zero-order valence-electron chi connectivity index (χ0n) is 19.6. The molecule has 1 saturated carbocycles. The maximum Gasteiger partial charge on any atom is 0.326 e. The minimum Gasteiger partial charge on any atom is -0.493 e. The molecule has 5 aromatic rings. The molecule has 3 aromatic heterocycles. The summed E-state index contributed by atoms with van der Waals surface area (Å²) < 4.78 is 1.58. The van der Waals surface area contributed by atoms with Crippen LogP contribution in [0.15, 0.2) is 64.5 Å². The lowest BCUT2D eigenvalue weighted by Crippen LogP contribution is -2.24. The number of anilines is 1. The van der Waals surface area contributed by atoms with E-state index in [0.717, 1.165) is 24.0 Å². The number of rotatable bonds is 6. The summed E-state index contributed by atoms with van der Waals surface area (Å²) in [7, 11) is 0. The maximum absolute atomic E-state index is 11.5. The molecule has 4 N–H and O–H groups in total. The van der Waals surface area contributed by atoms with Gasteiger partial charge in [0.25, 0.3) is 5.62 Å². The molecule has 36 heavy (non-hydrogen) atoms. The van der Waals surface area contributed by atoms with Gasteiger partial charge in [-0.2, -0.15) is 19.6 Å². The number of imidazole rings is 1. The number of H-pyrrole nitrogens is 2. The van der Waals surface area contributed by atoms with Crippen molar-refractivity contribution in [1.82, 2.24) is 29.5 Å².